The zero-order chi connectivity index (χ0) is 10.3. The summed E-state index contributed by atoms with van der Waals surface area (Å²) in [5.41, 5.74) is 0. The van der Waals surface area contributed by atoms with E-state index < -0.39 is 0 Å². The maximum atomic E-state index is 5.77. The second-order valence-electron chi connectivity index (χ2n) is 3.99. The van der Waals surface area contributed by atoms with Crippen LogP contribution in [0.3, 0.4) is 0 Å². The molecule has 0 aromatic rings. The third-order valence-corrected chi connectivity index (χ3v) is 2.90. The van der Waals surface area contributed by atoms with E-state index in [1.807, 2.05) is 0 Å². The maximum Gasteiger partial charge on any atom is 0.190 e. The van der Waals surface area contributed by atoms with Crippen LogP contribution in [-0.2, 0) is 4.74 Å². The fourth-order valence-corrected chi connectivity index (χ4v) is 1.58. The van der Waals surface area contributed by atoms with E-state index in [1.165, 1.54) is 13.0 Å². The minimum atomic E-state index is 0.338. The van der Waals surface area contributed by atoms with Crippen molar-refractivity contribution < 1.29 is 9.22 Å². The average molecular weight is 188 g/mol. The second-order valence-corrected chi connectivity index (χ2v) is 3.99. The Labute approximate surface area is 83.5 Å². The zero-order valence-corrected chi connectivity index (χ0v) is 9.97. The van der Waals surface area contributed by atoms with Crippen LogP contribution in [0.25, 0.3) is 0 Å². The summed E-state index contributed by atoms with van der Waals surface area (Å²) >= 11 is 0. The molecule has 0 aliphatic carbocycles. The van der Waals surface area contributed by atoms with Gasteiger partial charge in [-0.3, -0.25) is 0 Å². The summed E-state index contributed by atoms with van der Waals surface area (Å²) in [4.78, 5) is 0. The summed E-state index contributed by atoms with van der Waals surface area (Å²) in [6.45, 7) is 12.1. The molecule has 13 heavy (non-hydrogen) atoms. The van der Waals surface area contributed by atoms with E-state index in [2.05, 4.69) is 34.7 Å². The molecule has 0 bridgehead atoms. The van der Waals surface area contributed by atoms with Gasteiger partial charge in [-0.25, -0.2) is 0 Å². The van der Waals surface area contributed by atoms with Crippen LogP contribution in [0, 0.1) is 0 Å². The lowest BCUT2D eigenvalue weighted by molar-refractivity contribution is -0.951. The van der Waals surface area contributed by atoms with Gasteiger partial charge in [0, 0.05) is 6.92 Å². The largest absolute Gasteiger partial charge is 0.329 e. The third kappa shape index (κ3) is 4.10. The first-order valence-electron chi connectivity index (χ1n) is 5.56. The topological polar surface area (TPSA) is 9.23 Å². The molecule has 0 fully saturated rings. The Morgan fingerprint density at radius 1 is 1.15 bits per heavy atom. The Bertz CT molecular complexity index is 127. The summed E-state index contributed by atoms with van der Waals surface area (Å²) in [7, 11) is 2.28. The van der Waals surface area contributed by atoms with Crippen molar-refractivity contribution in [3.8, 4) is 0 Å². The van der Waals surface area contributed by atoms with Crippen LogP contribution in [-0.4, -0.2) is 37.5 Å². The SMILES string of the molecule is CCCOC(C)[N+](C)(CC)CCC. The highest BCUT2D eigenvalue weighted by Gasteiger charge is 2.26. The molecule has 0 spiro atoms. The Morgan fingerprint density at radius 2 is 1.77 bits per heavy atom. The summed E-state index contributed by atoms with van der Waals surface area (Å²) in [5.74, 6) is 0. The molecule has 2 unspecified atom stereocenters. The van der Waals surface area contributed by atoms with E-state index in [1.54, 1.807) is 0 Å². The fourth-order valence-electron chi connectivity index (χ4n) is 1.58. The van der Waals surface area contributed by atoms with Crippen molar-refractivity contribution in [2.45, 2.75) is 46.8 Å². The number of hydrogen-bond acceptors (Lipinski definition) is 1. The highest BCUT2D eigenvalue weighted by molar-refractivity contribution is 4.40. The Kier molecular flexibility index (Phi) is 6.35. The monoisotopic (exact) mass is 188 g/mol. The summed E-state index contributed by atoms with van der Waals surface area (Å²) < 4.78 is 6.81. The van der Waals surface area contributed by atoms with Gasteiger partial charge >= 0.3 is 0 Å². The van der Waals surface area contributed by atoms with Crippen molar-refractivity contribution in [1.82, 2.24) is 0 Å². The average Bonchev–Trinajstić information content (AvgIpc) is 2.14. The van der Waals surface area contributed by atoms with Crippen molar-refractivity contribution in [1.29, 1.82) is 0 Å². The third-order valence-electron chi connectivity index (χ3n) is 2.90. The van der Waals surface area contributed by atoms with Crippen LogP contribution in [0.5, 0.6) is 0 Å². The van der Waals surface area contributed by atoms with Crippen molar-refractivity contribution in [3.05, 3.63) is 0 Å². The number of quaternary nitrogens is 1. The lowest BCUT2D eigenvalue weighted by Gasteiger charge is -2.38. The van der Waals surface area contributed by atoms with Gasteiger partial charge in [0.05, 0.1) is 26.7 Å². The van der Waals surface area contributed by atoms with Gasteiger partial charge in [-0.2, -0.15) is 0 Å². The van der Waals surface area contributed by atoms with Gasteiger partial charge in [0.25, 0.3) is 0 Å². The second kappa shape index (κ2) is 6.39. The minimum absolute atomic E-state index is 0.338. The smallest absolute Gasteiger partial charge is 0.190 e. The molecule has 0 aromatic carbocycles. The predicted molar refractivity (Wildman–Crippen MR) is 57.6 cm³/mol. The van der Waals surface area contributed by atoms with Gasteiger partial charge < -0.3 is 9.22 Å². The van der Waals surface area contributed by atoms with Gasteiger partial charge in [0.2, 0.25) is 0 Å². The van der Waals surface area contributed by atoms with Gasteiger partial charge in [-0.05, 0) is 19.8 Å². The summed E-state index contributed by atoms with van der Waals surface area (Å²) in [5, 5.41) is 0. The molecular formula is C11H26NO+. The predicted octanol–water partition coefficient (Wildman–Crippen LogP) is 2.64. The number of rotatable bonds is 7. The molecular weight excluding hydrogens is 162 g/mol. The first-order valence-corrected chi connectivity index (χ1v) is 5.56. The van der Waals surface area contributed by atoms with Gasteiger partial charge in [-0.1, -0.05) is 13.8 Å². The first-order chi connectivity index (χ1) is 6.10. The molecule has 0 N–H and O–H groups in total. The van der Waals surface area contributed by atoms with E-state index in [9.17, 15) is 0 Å². The molecule has 80 valence electrons. The molecule has 0 aliphatic heterocycles. The van der Waals surface area contributed by atoms with E-state index >= 15 is 0 Å². The fraction of sp³-hybridized carbons (Fsp3) is 1.00. The van der Waals surface area contributed by atoms with Crippen LogP contribution in [0.4, 0.5) is 0 Å². The molecule has 2 nitrogen and oxygen atoms in total. The van der Waals surface area contributed by atoms with Crippen molar-refractivity contribution in [3.63, 3.8) is 0 Å². The van der Waals surface area contributed by atoms with Crippen molar-refractivity contribution in [2.75, 3.05) is 26.7 Å². The Balaban J connectivity index is 4.03. The number of nitrogens with zero attached hydrogens (tertiary/aromatic N) is 1. The first kappa shape index (κ1) is 12.9. The molecule has 2 heteroatoms. The molecule has 0 heterocycles. The quantitative estimate of drug-likeness (QED) is 0.441. The number of ether oxygens (including phenoxy) is 1. The number of hydrogen-bond donors (Lipinski definition) is 0. The zero-order valence-electron chi connectivity index (χ0n) is 9.97. The molecule has 0 aromatic heterocycles. The van der Waals surface area contributed by atoms with Crippen LogP contribution < -0.4 is 0 Å². The minimum Gasteiger partial charge on any atom is -0.329 e. The Morgan fingerprint density at radius 3 is 2.15 bits per heavy atom. The highest BCUT2D eigenvalue weighted by Crippen LogP contribution is 2.12. The van der Waals surface area contributed by atoms with E-state index in [0.717, 1.165) is 24.1 Å². The highest BCUT2D eigenvalue weighted by atomic mass is 16.5. The van der Waals surface area contributed by atoms with Crippen LogP contribution in [0.15, 0.2) is 0 Å². The van der Waals surface area contributed by atoms with Crippen molar-refractivity contribution in [2.24, 2.45) is 0 Å². The van der Waals surface area contributed by atoms with Crippen LogP contribution >= 0.6 is 0 Å². The summed E-state index contributed by atoms with van der Waals surface area (Å²) in [6, 6.07) is 0. The molecule has 0 saturated carbocycles. The lowest BCUT2D eigenvalue weighted by Crippen LogP contribution is -2.52. The van der Waals surface area contributed by atoms with E-state index in [-0.39, 0.29) is 0 Å². The molecule has 0 saturated heterocycles. The maximum absolute atomic E-state index is 5.77. The molecule has 0 aliphatic rings. The van der Waals surface area contributed by atoms with Crippen molar-refractivity contribution >= 4 is 0 Å². The van der Waals surface area contributed by atoms with E-state index in [0.29, 0.717) is 6.23 Å². The van der Waals surface area contributed by atoms with Gasteiger partial charge in [0.15, 0.2) is 6.23 Å². The van der Waals surface area contributed by atoms with E-state index in [4.69, 9.17) is 4.74 Å². The normalized spacial score (nSPS) is 18.2. The molecule has 0 amide bonds. The van der Waals surface area contributed by atoms with Crippen LogP contribution in [0.1, 0.15) is 40.5 Å². The van der Waals surface area contributed by atoms with Gasteiger partial charge in [0.1, 0.15) is 0 Å². The van der Waals surface area contributed by atoms with Crippen LogP contribution in [0.2, 0.25) is 0 Å². The molecule has 0 radical (unpaired) electrons. The summed E-state index contributed by atoms with van der Waals surface area (Å²) in [6.07, 6.45) is 2.68. The van der Waals surface area contributed by atoms with Gasteiger partial charge in [-0.15, -0.1) is 0 Å². The molecule has 2 atom stereocenters. The standard InChI is InChI=1S/C11H26NO/c1-6-9-12(5,8-3)11(4)13-10-7-2/h11H,6-10H2,1-5H3/q+1. The molecule has 0 rings (SSSR count). The Hall–Kier alpha value is -0.0800. The lowest BCUT2D eigenvalue weighted by atomic mass is 10.3.